The first-order chi connectivity index (χ1) is 13.5. The second-order valence-electron chi connectivity index (χ2n) is 5.71. The third-order valence-corrected chi connectivity index (χ3v) is 4.09. The van der Waals surface area contributed by atoms with Crippen molar-refractivity contribution in [2.45, 2.75) is 0 Å². The summed E-state index contributed by atoms with van der Waals surface area (Å²) >= 11 is 11.7. The maximum atomic E-state index is 12.2. The summed E-state index contributed by atoms with van der Waals surface area (Å²) in [5, 5.41) is 3.85. The van der Waals surface area contributed by atoms with Crippen molar-refractivity contribution in [3.8, 4) is 11.5 Å². The lowest BCUT2D eigenvalue weighted by molar-refractivity contribution is -0.136. The molecule has 0 aliphatic heterocycles. The standard InChI is InChI=1S/C21H15Cl2NO4/c22-15-6-8-17(9-7-15)24-21(26)14-4-10-18(11-5-14)28-20(25)13-27-19-3-1-2-16(23)12-19/h1-12H,13H2,(H,24,26). The molecule has 0 bridgehead atoms. The first kappa shape index (κ1) is 19.7. The fraction of sp³-hybridized carbons (Fsp3) is 0.0476. The molecule has 142 valence electrons. The number of hydrogen-bond acceptors (Lipinski definition) is 4. The van der Waals surface area contributed by atoms with E-state index in [4.69, 9.17) is 32.7 Å². The van der Waals surface area contributed by atoms with Crippen molar-refractivity contribution >= 4 is 40.8 Å². The van der Waals surface area contributed by atoms with Crippen LogP contribution in [0.5, 0.6) is 11.5 Å². The number of halogens is 2. The molecule has 1 N–H and O–H groups in total. The molecule has 0 aliphatic rings. The van der Waals surface area contributed by atoms with Gasteiger partial charge in [0.1, 0.15) is 11.5 Å². The molecule has 7 heteroatoms. The molecular weight excluding hydrogens is 401 g/mol. The van der Waals surface area contributed by atoms with Crippen molar-refractivity contribution in [3.63, 3.8) is 0 Å². The Bertz CT molecular complexity index is 972. The van der Waals surface area contributed by atoms with Gasteiger partial charge in [-0.25, -0.2) is 4.79 Å². The molecule has 5 nitrogen and oxygen atoms in total. The predicted octanol–water partition coefficient (Wildman–Crippen LogP) is 5.23. The summed E-state index contributed by atoms with van der Waals surface area (Å²) < 4.78 is 10.5. The summed E-state index contributed by atoms with van der Waals surface area (Å²) in [7, 11) is 0. The number of amides is 1. The van der Waals surface area contributed by atoms with E-state index in [9.17, 15) is 9.59 Å². The van der Waals surface area contributed by atoms with E-state index in [2.05, 4.69) is 5.32 Å². The van der Waals surface area contributed by atoms with Crippen LogP contribution < -0.4 is 14.8 Å². The van der Waals surface area contributed by atoms with Crippen molar-refractivity contribution in [2.24, 2.45) is 0 Å². The van der Waals surface area contributed by atoms with Gasteiger partial charge in [-0.3, -0.25) is 4.79 Å². The minimum atomic E-state index is -0.571. The molecule has 0 unspecified atom stereocenters. The van der Waals surface area contributed by atoms with Crippen LogP contribution in [0.2, 0.25) is 10.0 Å². The van der Waals surface area contributed by atoms with Gasteiger partial charge >= 0.3 is 5.97 Å². The van der Waals surface area contributed by atoms with E-state index in [0.29, 0.717) is 32.8 Å². The molecule has 0 heterocycles. The minimum absolute atomic E-state index is 0.265. The lowest BCUT2D eigenvalue weighted by Crippen LogP contribution is -2.18. The summed E-state index contributed by atoms with van der Waals surface area (Å²) in [6.07, 6.45) is 0. The van der Waals surface area contributed by atoms with Gasteiger partial charge in [0.05, 0.1) is 0 Å². The maximum absolute atomic E-state index is 12.2. The SMILES string of the molecule is O=C(COc1cccc(Cl)c1)Oc1ccc(C(=O)Nc2ccc(Cl)cc2)cc1. The summed E-state index contributed by atoms with van der Waals surface area (Å²) in [6, 6.07) is 19.7. The number of carbonyl (C=O) groups excluding carboxylic acids is 2. The Balaban J connectivity index is 1.52. The molecule has 0 fully saturated rings. The average Bonchev–Trinajstić information content (AvgIpc) is 2.69. The van der Waals surface area contributed by atoms with E-state index in [1.807, 2.05) is 0 Å². The van der Waals surface area contributed by atoms with Gasteiger partial charge in [0, 0.05) is 21.3 Å². The van der Waals surface area contributed by atoms with Crippen LogP contribution in [0, 0.1) is 0 Å². The number of carbonyl (C=O) groups is 2. The van der Waals surface area contributed by atoms with E-state index in [-0.39, 0.29) is 12.5 Å². The summed E-state index contributed by atoms with van der Waals surface area (Å²) in [5.74, 6) is -0.0794. The second-order valence-corrected chi connectivity index (χ2v) is 6.58. The van der Waals surface area contributed by atoms with Gasteiger partial charge in [0.25, 0.3) is 5.91 Å². The molecule has 1 amide bonds. The molecule has 0 atom stereocenters. The molecule has 3 aromatic rings. The largest absolute Gasteiger partial charge is 0.482 e. The monoisotopic (exact) mass is 415 g/mol. The predicted molar refractivity (Wildman–Crippen MR) is 108 cm³/mol. The quantitative estimate of drug-likeness (QED) is 0.442. The van der Waals surface area contributed by atoms with Crippen molar-refractivity contribution in [2.75, 3.05) is 11.9 Å². The normalized spacial score (nSPS) is 10.2. The molecule has 3 aromatic carbocycles. The van der Waals surface area contributed by atoms with Gasteiger partial charge < -0.3 is 14.8 Å². The van der Waals surface area contributed by atoms with E-state index in [1.165, 1.54) is 12.1 Å². The zero-order chi connectivity index (χ0) is 19.9. The van der Waals surface area contributed by atoms with Gasteiger partial charge in [-0.05, 0) is 66.7 Å². The van der Waals surface area contributed by atoms with E-state index >= 15 is 0 Å². The molecule has 0 radical (unpaired) electrons. The van der Waals surface area contributed by atoms with Gasteiger partial charge in [-0.1, -0.05) is 29.3 Å². The Hall–Kier alpha value is -3.02. The van der Waals surface area contributed by atoms with Gasteiger partial charge in [-0.15, -0.1) is 0 Å². The molecule has 3 rings (SSSR count). The van der Waals surface area contributed by atoms with Crippen LogP contribution >= 0.6 is 23.2 Å². The lowest BCUT2D eigenvalue weighted by Gasteiger charge is -2.08. The number of ether oxygens (including phenoxy) is 2. The van der Waals surface area contributed by atoms with E-state index in [0.717, 1.165) is 0 Å². The lowest BCUT2D eigenvalue weighted by atomic mass is 10.2. The highest BCUT2D eigenvalue weighted by Crippen LogP contribution is 2.18. The Labute approximate surface area is 171 Å². The minimum Gasteiger partial charge on any atom is -0.482 e. The van der Waals surface area contributed by atoms with Crippen LogP contribution in [0.15, 0.2) is 72.8 Å². The molecule has 0 saturated heterocycles. The fourth-order valence-electron chi connectivity index (χ4n) is 2.27. The smallest absolute Gasteiger partial charge is 0.349 e. The number of esters is 1. The van der Waals surface area contributed by atoms with Crippen molar-refractivity contribution in [1.29, 1.82) is 0 Å². The highest BCUT2D eigenvalue weighted by molar-refractivity contribution is 6.31. The Kier molecular flexibility index (Phi) is 6.53. The number of rotatable bonds is 6. The zero-order valence-electron chi connectivity index (χ0n) is 14.5. The number of benzene rings is 3. The van der Waals surface area contributed by atoms with Crippen molar-refractivity contribution in [1.82, 2.24) is 0 Å². The number of hydrogen-bond donors (Lipinski definition) is 1. The van der Waals surface area contributed by atoms with Crippen LogP contribution in [0.4, 0.5) is 5.69 Å². The third kappa shape index (κ3) is 5.74. The van der Waals surface area contributed by atoms with E-state index < -0.39 is 5.97 Å². The first-order valence-corrected chi connectivity index (χ1v) is 9.01. The topological polar surface area (TPSA) is 64.6 Å². The fourth-order valence-corrected chi connectivity index (χ4v) is 2.58. The molecular formula is C21H15Cl2NO4. The zero-order valence-corrected chi connectivity index (χ0v) is 16.0. The highest BCUT2D eigenvalue weighted by atomic mass is 35.5. The van der Waals surface area contributed by atoms with Crippen LogP contribution in [0.1, 0.15) is 10.4 Å². The summed E-state index contributed by atoms with van der Waals surface area (Å²) in [6.45, 7) is -0.265. The van der Waals surface area contributed by atoms with Crippen LogP contribution in [-0.4, -0.2) is 18.5 Å². The molecule has 28 heavy (non-hydrogen) atoms. The number of anilines is 1. The van der Waals surface area contributed by atoms with Crippen LogP contribution in [-0.2, 0) is 4.79 Å². The first-order valence-electron chi connectivity index (χ1n) is 8.25. The summed E-state index contributed by atoms with van der Waals surface area (Å²) in [4.78, 5) is 24.1. The van der Waals surface area contributed by atoms with Gasteiger partial charge in [-0.2, -0.15) is 0 Å². The summed E-state index contributed by atoms with van der Waals surface area (Å²) in [5.41, 5.74) is 1.05. The van der Waals surface area contributed by atoms with E-state index in [1.54, 1.807) is 60.7 Å². The molecule has 0 aliphatic carbocycles. The highest BCUT2D eigenvalue weighted by Gasteiger charge is 2.09. The van der Waals surface area contributed by atoms with Gasteiger partial charge in [0.2, 0.25) is 0 Å². The van der Waals surface area contributed by atoms with Gasteiger partial charge in [0.15, 0.2) is 6.61 Å². The Morgan fingerprint density at radius 1 is 0.821 bits per heavy atom. The van der Waals surface area contributed by atoms with Crippen molar-refractivity contribution < 1.29 is 19.1 Å². The third-order valence-electron chi connectivity index (χ3n) is 3.60. The molecule has 0 saturated carbocycles. The second kappa shape index (κ2) is 9.26. The number of nitrogens with one attached hydrogen (secondary N) is 1. The Morgan fingerprint density at radius 3 is 2.21 bits per heavy atom. The average molecular weight is 416 g/mol. The van der Waals surface area contributed by atoms with Crippen LogP contribution in [0.3, 0.4) is 0 Å². The molecule has 0 spiro atoms. The molecule has 0 aromatic heterocycles. The van der Waals surface area contributed by atoms with Crippen molar-refractivity contribution in [3.05, 3.63) is 88.4 Å². The Morgan fingerprint density at radius 2 is 1.54 bits per heavy atom. The maximum Gasteiger partial charge on any atom is 0.349 e. The van der Waals surface area contributed by atoms with Crippen LogP contribution in [0.25, 0.3) is 0 Å².